The number of thiophene rings is 1. The molecule has 4 N–H and O–H groups in total. The highest BCUT2D eigenvalue weighted by Gasteiger charge is 2.24. The predicted octanol–water partition coefficient (Wildman–Crippen LogP) is 1.26. The second kappa shape index (κ2) is 6.60. The maximum Gasteiger partial charge on any atom is 0.331 e. The van der Waals surface area contributed by atoms with Crippen LogP contribution < -0.4 is 11.1 Å². The van der Waals surface area contributed by atoms with Crippen molar-refractivity contribution in [1.82, 2.24) is 10.3 Å². The van der Waals surface area contributed by atoms with Crippen LogP contribution in [0.5, 0.6) is 0 Å². The van der Waals surface area contributed by atoms with Crippen LogP contribution in [0.15, 0.2) is 22.9 Å². The third-order valence-corrected chi connectivity index (χ3v) is 4.34. The van der Waals surface area contributed by atoms with Gasteiger partial charge in [-0.25, -0.2) is 9.78 Å². The lowest BCUT2D eigenvalue weighted by Crippen LogP contribution is -2.33. The van der Waals surface area contributed by atoms with Crippen molar-refractivity contribution in [3.8, 4) is 0 Å². The van der Waals surface area contributed by atoms with E-state index in [1.165, 1.54) is 22.7 Å². The Bertz CT molecular complexity index is 595. The lowest BCUT2D eigenvalue weighted by atomic mass is 10.2. The fourth-order valence-electron chi connectivity index (χ4n) is 1.57. The van der Waals surface area contributed by atoms with Crippen LogP contribution in [0.1, 0.15) is 26.4 Å². The quantitative estimate of drug-likeness (QED) is 0.745. The SMILES string of the molecule is NCCc1nc(C(=O)NC(C(=O)O)c2cccs2)cs1. The van der Waals surface area contributed by atoms with E-state index < -0.39 is 17.9 Å². The molecule has 8 heteroatoms. The zero-order chi connectivity index (χ0) is 14.5. The Hall–Kier alpha value is -1.77. The van der Waals surface area contributed by atoms with Gasteiger partial charge in [-0.1, -0.05) is 6.07 Å². The van der Waals surface area contributed by atoms with E-state index in [2.05, 4.69) is 10.3 Å². The van der Waals surface area contributed by atoms with Crippen LogP contribution in [-0.4, -0.2) is 28.5 Å². The van der Waals surface area contributed by atoms with Crippen molar-refractivity contribution in [2.24, 2.45) is 5.73 Å². The van der Waals surface area contributed by atoms with Gasteiger partial charge in [0.2, 0.25) is 0 Å². The number of nitrogens with one attached hydrogen (secondary N) is 1. The first-order valence-electron chi connectivity index (χ1n) is 5.83. The third-order valence-electron chi connectivity index (χ3n) is 2.49. The largest absolute Gasteiger partial charge is 0.479 e. The number of carboxylic acid groups (broad SMARTS) is 1. The van der Waals surface area contributed by atoms with Crippen molar-refractivity contribution in [2.75, 3.05) is 6.54 Å². The van der Waals surface area contributed by atoms with Gasteiger partial charge in [0.25, 0.3) is 5.91 Å². The molecule has 2 heterocycles. The topological polar surface area (TPSA) is 105 Å². The van der Waals surface area contributed by atoms with Gasteiger partial charge >= 0.3 is 5.97 Å². The highest BCUT2D eigenvalue weighted by Crippen LogP contribution is 2.20. The number of carbonyl (C=O) groups excluding carboxylic acids is 1. The number of carbonyl (C=O) groups is 2. The molecular formula is C12H13N3O3S2. The minimum atomic E-state index is -1.10. The van der Waals surface area contributed by atoms with Crippen LogP contribution in [0.25, 0.3) is 0 Å². The monoisotopic (exact) mass is 311 g/mol. The van der Waals surface area contributed by atoms with Crippen molar-refractivity contribution >= 4 is 34.6 Å². The molecule has 20 heavy (non-hydrogen) atoms. The van der Waals surface area contributed by atoms with Crippen LogP contribution in [0.4, 0.5) is 0 Å². The summed E-state index contributed by atoms with van der Waals surface area (Å²) >= 11 is 2.62. The predicted molar refractivity (Wildman–Crippen MR) is 77.0 cm³/mol. The average molecular weight is 311 g/mol. The summed E-state index contributed by atoms with van der Waals surface area (Å²) in [6.45, 7) is 0.460. The molecule has 2 aromatic rings. The maximum absolute atomic E-state index is 12.0. The molecule has 0 aliphatic rings. The van der Waals surface area contributed by atoms with E-state index in [0.717, 1.165) is 5.01 Å². The molecule has 0 spiro atoms. The Morgan fingerprint density at radius 2 is 2.25 bits per heavy atom. The van der Waals surface area contributed by atoms with E-state index in [1.807, 2.05) is 0 Å². The Kier molecular flexibility index (Phi) is 4.83. The number of thiazole rings is 1. The van der Waals surface area contributed by atoms with E-state index in [1.54, 1.807) is 22.9 Å². The number of nitrogens with zero attached hydrogens (tertiary/aromatic N) is 1. The molecule has 0 bridgehead atoms. The number of hydrogen-bond acceptors (Lipinski definition) is 6. The van der Waals surface area contributed by atoms with E-state index in [0.29, 0.717) is 17.8 Å². The van der Waals surface area contributed by atoms with Crippen LogP contribution in [0.3, 0.4) is 0 Å². The summed E-state index contributed by atoms with van der Waals surface area (Å²) in [5, 5.41) is 15.8. The summed E-state index contributed by atoms with van der Waals surface area (Å²) in [7, 11) is 0. The van der Waals surface area contributed by atoms with Crippen molar-refractivity contribution in [2.45, 2.75) is 12.5 Å². The number of carboxylic acids is 1. The van der Waals surface area contributed by atoms with Crippen molar-refractivity contribution in [3.63, 3.8) is 0 Å². The Morgan fingerprint density at radius 1 is 1.45 bits per heavy atom. The number of amides is 1. The van der Waals surface area contributed by atoms with Gasteiger partial charge in [0.15, 0.2) is 6.04 Å². The van der Waals surface area contributed by atoms with E-state index in [4.69, 9.17) is 5.73 Å². The molecule has 0 fully saturated rings. The molecule has 0 saturated heterocycles. The molecule has 1 unspecified atom stereocenters. The maximum atomic E-state index is 12.0. The van der Waals surface area contributed by atoms with E-state index in [9.17, 15) is 14.7 Å². The van der Waals surface area contributed by atoms with Crippen LogP contribution in [0, 0.1) is 0 Å². The lowest BCUT2D eigenvalue weighted by molar-refractivity contribution is -0.139. The molecule has 1 amide bonds. The average Bonchev–Trinajstić information content (AvgIpc) is 3.06. The Morgan fingerprint density at radius 3 is 2.85 bits per heavy atom. The van der Waals surface area contributed by atoms with Gasteiger partial charge in [0.05, 0.1) is 5.01 Å². The van der Waals surface area contributed by atoms with Crippen molar-refractivity contribution < 1.29 is 14.7 Å². The minimum Gasteiger partial charge on any atom is -0.479 e. The molecule has 6 nitrogen and oxygen atoms in total. The second-order valence-electron chi connectivity index (χ2n) is 3.93. The van der Waals surface area contributed by atoms with E-state index in [-0.39, 0.29) is 5.69 Å². The zero-order valence-electron chi connectivity index (χ0n) is 10.4. The van der Waals surface area contributed by atoms with Gasteiger partial charge in [-0.15, -0.1) is 22.7 Å². The minimum absolute atomic E-state index is 0.223. The zero-order valence-corrected chi connectivity index (χ0v) is 12.0. The number of aromatic nitrogens is 1. The molecule has 2 rings (SSSR count). The summed E-state index contributed by atoms with van der Waals surface area (Å²) in [6, 6.07) is 2.36. The summed E-state index contributed by atoms with van der Waals surface area (Å²) in [6.07, 6.45) is 0.602. The summed E-state index contributed by atoms with van der Waals surface area (Å²) in [5.74, 6) is -1.59. The molecule has 0 aliphatic carbocycles. The lowest BCUT2D eigenvalue weighted by Gasteiger charge is -2.11. The summed E-state index contributed by atoms with van der Waals surface area (Å²) in [5.41, 5.74) is 5.64. The second-order valence-corrected chi connectivity index (χ2v) is 5.85. The third kappa shape index (κ3) is 3.41. The molecule has 106 valence electrons. The van der Waals surface area contributed by atoms with Crippen LogP contribution in [0.2, 0.25) is 0 Å². The first-order chi connectivity index (χ1) is 9.61. The molecule has 0 saturated carbocycles. The highest BCUT2D eigenvalue weighted by molar-refractivity contribution is 7.10. The molecule has 0 aliphatic heterocycles. The fourth-order valence-corrected chi connectivity index (χ4v) is 3.13. The number of nitrogens with two attached hydrogens (primary N) is 1. The molecular weight excluding hydrogens is 298 g/mol. The molecule has 1 atom stereocenters. The van der Waals surface area contributed by atoms with Gasteiger partial charge in [0, 0.05) is 16.7 Å². The first-order valence-corrected chi connectivity index (χ1v) is 7.59. The molecule has 0 aromatic carbocycles. The van der Waals surface area contributed by atoms with Gasteiger partial charge in [-0.2, -0.15) is 0 Å². The highest BCUT2D eigenvalue weighted by atomic mass is 32.1. The molecule has 2 aromatic heterocycles. The van der Waals surface area contributed by atoms with Gasteiger partial charge in [-0.3, -0.25) is 4.79 Å². The van der Waals surface area contributed by atoms with Crippen LogP contribution >= 0.6 is 22.7 Å². The molecule has 0 radical (unpaired) electrons. The normalized spacial score (nSPS) is 12.1. The smallest absolute Gasteiger partial charge is 0.331 e. The van der Waals surface area contributed by atoms with Crippen LogP contribution in [-0.2, 0) is 11.2 Å². The van der Waals surface area contributed by atoms with Gasteiger partial charge < -0.3 is 16.2 Å². The standard InChI is InChI=1S/C12H13N3O3S2/c13-4-3-9-14-7(6-20-9)11(16)15-10(12(17)18)8-2-1-5-19-8/h1-2,5-6,10H,3-4,13H2,(H,15,16)(H,17,18). The summed E-state index contributed by atoms with van der Waals surface area (Å²) < 4.78 is 0. The summed E-state index contributed by atoms with van der Waals surface area (Å²) in [4.78, 5) is 27.9. The van der Waals surface area contributed by atoms with Gasteiger partial charge in [0.1, 0.15) is 5.69 Å². The Balaban J connectivity index is 2.10. The first kappa shape index (κ1) is 14.6. The van der Waals surface area contributed by atoms with Crippen molar-refractivity contribution in [1.29, 1.82) is 0 Å². The number of aliphatic carboxylic acids is 1. The number of rotatable bonds is 6. The fraction of sp³-hybridized carbons (Fsp3) is 0.250. The Labute approximate surface area is 123 Å². The van der Waals surface area contributed by atoms with Crippen molar-refractivity contribution in [3.05, 3.63) is 38.5 Å². The van der Waals surface area contributed by atoms with Gasteiger partial charge in [-0.05, 0) is 18.0 Å². The number of hydrogen-bond donors (Lipinski definition) is 3. The van der Waals surface area contributed by atoms with E-state index >= 15 is 0 Å².